The zero-order valence-electron chi connectivity index (χ0n) is 19.6. The molecule has 15 heteroatoms. The number of nitrogens with zero attached hydrogens (tertiary/aromatic N) is 2. The third kappa shape index (κ3) is 6.08. The Morgan fingerprint density at radius 1 is 1.18 bits per heavy atom. The first-order chi connectivity index (χ1) is 18.4. The number of methoxy groups -OCH3 is 1. The molecule has 0 atom stereocenters. The van der Waals surface area contributed by atoms with Crippen molar-refractivity contribution >= 4 is 72.3 Å². The molecule has 3 aromatic carbocycles. The van der Waals surface area contributed by atoms with E-state index >= 15 is 0 Å². The van der Waals surface area contributed by atoms with Gasteiger partial charge in [-0.1, -0.05) is 23.7 Å². The first kappa shape index (κ1) is 28.5. The van der Waals surface area contributed by atoms with Crippen molar-refractivity contribution < 1.29 is 36.2 Å². The van der Waals surface area contributed by atoms with Crippen LogP contribution in [0, 0.1) is 15.9 Å². The predicted octanol–water partition coefficient (Wildman–Crippen LogP) is 6.16. The van der Waals surface area contributed by atoms with Crippen molar-refractivity contribution in [3.63, 3.8) is 0 Å². The van der Waals surface area contributed by atoms with Gasteiger partial charge in [0.2, 0.25) is 0 Å². The van der Waals surface area contributed by atoms with Crippen LogP contribution in [0.1, 0.15) is 11.1 Å². The molecular weight excluding hydrogens is 643 g/mol. The number of amides is 2. The second kappa shape index (κ2) is 11.3. The van der Waals surface area contributed by atoms with Crippen LogP contribution in [0.4, 0.5) is 14.9 Å². The van der Waals surface area contributed by atoms with Crippen molar-refractivity contribution in [2.45, 2.75) is 11.4 Å². The number of carbonyl (C=O) groups is 2. The van der Waals surface area contributed by atoms with Gasteiger partial charge in [0.05, 0.1) is 28.0 Å². The van der Waals surface area contributed by atoms with Crippen LogP contribution in [-0.2, 0) is 21.5 Å². The SMILES string of the molecule is COc1cc(/C=C2\SC(=O)N(Cc3c(F)cccc3Cl)C2=O)cc(Br)c1OS(=O)(=O)c1cccc([N+](=O)[O-])c1. The number of benzene rings is 3. The number of ether oxygens (including phenoxy) is 1. The lowest BCUT2D eigenvalue weighted by Gasteiger charge is -2.14. The maximum absolute atomic E-state index is 14.2. The molecule has 2 amide bonds. The van der Waals surface area contributed by atoms with Crippen molar-refractivity contribution in [3.05, 3.63) is 96.1 Å². The maximum Gasteiger partial charge on any atom is 0.339 e. The van der Waals surface area contributed by atoms with Crippen molar-refractivity contribution in [2.24, 2.45) is 0 Å². The lowest BCUT2D eigenvalue weighted by Crippen LogP contribution is -2.28. The lowest BCUT2D eigenvalue weighted by atomic mass is 10.1. The number of hydrogen-bond acceptors (Lipinski definition) is 9. The predicted molar refractivity (Wildman–Crippen MR) is 145 cm³/mol. The van der Waals surface area contributed by atoms with Gasteiger partial charge in [0, 0.05) is 22.7 Å². The molecule has 0 aromatic heterocycles. The Morgan fingerprint density at radius 2 is 1.90 bits per heavy atom. The van der Waals surface area contributed by atoms with E-state index in [2.05, 4.69) is 15.9 Å². The average Bonchev–Trinajstić information content (AvgIpc) is 3.14. The monoisotopic (exact) mass is 656 g/mol. The van der Waals surface area contributed by atoms with Gasteiger partial charge < -0.3 is 8.92 Å². The molecule has 1 aliphatic heterocycles. The maximum atomic E-state index is 14.2. The van der Waals surface area contributed by atoms with Crippen LogP contribution in [0.2, 0.25) is 5.02 Å². The summed E-state index contributed by atoms with van der Waals surface area (Å²) in [7, 11) is -3.25. The fourth-order valence-corrected chi connectivity index (χ4v) is 6.15. The van der Waals surface area contributed by atoms with Crippen molar-refractivity contribution in [2.75, 3.05) is 7.11 Å². The smallest absolute Gasteiger partial charge is 0.339 e. The van der Waals surface area contributed by atoms with E-state index in [1.54, 1.807) is 0 Å². The summed E-state index contributed by atoms with van der Waals surface area (Å²) in [6.07, 6.45) is 1.37. The van der Waals surface area contributed by atoms with Gasteiger partial charge in [-0.25, -0.2) is 4.39 Å². The molecule has 0 radical (unpaired) electrons. The molecule has 0 N–H and O–H groups in total. The Morgan fingerprint density at radius 3 is 2.56 bits per heavy atom. The Kier molecular flexibility index (Phi) is 8.30. The Hall–Kier alpha value is -3.46. The number of hydrogen-bond donors (Lipinski definition) is 0. The van der Waals surface area contributed by atoms with Gasteiger partial charge in [0.15, 0.2) is 11.5 Å². The highest BCUT2D eigenvalue weighted by Gasteiger charge is 2.36. The standard InChI is InChI=1S/C24H15BrClFN2O8S2/c1-36-20-9-13(8-17(25)22(20)37-39(34,35)15-5-2-4-14(11-15)29(32)33)10-21-23(30)28(24(31)38-21)12-16-18(26)6-3-7-19(16)27/h2-11H,12H2,1H3/b21-10-. The topological polar surface area (TPSA) is 133 Å². The van der Waals surface area contributed by atoms with Crippen molar-refractivity contribution in [3.8, 4) is 11.5 Å². The summed E-state index contributed by atoms with van der Waals surface area (Å²) < 4.78 is 50.4. The van der Waals surface area contributed by atoms with Gasteiger partial charge in [-0.05, 0) is 69.7 Å². The van der Waals surface area contributed by atoms with E-state index in [-0.39, 0.29) is 38.0 Å². The number of imide groups is 1. The molecule has 1 heterocycles. The third-order valence-corrected chi connectivity index (χ3v) is 8.38. The number of thioether (sulfide) groups is 1. The minimum atomic E-state index is -4.50. The number of nitro benzene ring substituents is 1. The second-order valence-electron chi connectivity index (χ2n) is 7.79. The van der Waals surface area contributed by atoms with E-state index in [9.17, 15) is 32.5 Å². The highest BCUT2D eigenvalue weighted by Crippen LogP contribution is 2.41. The molecule has 0 bridgehead atoms. The number of nitro groups is 1. The normalized spacial score (nSPS) is 14.7. The highest BCUT2D eigenvalue weighted by atomic mass is 79.9. The molecule has 0 saturated carbocycles. The fraction of sp³-hybridized carbons (Fsp3) is 0.0833. The van der Waals surface area contributed by atoms with Crippen LogP contribution < -0.4 is 8.92 Å². The Labute approximate surface area is 238 Å². The van der Waals surface area contributed by atoms with Crippen molar-refractivity contribution in [1.29, 1.82) is 0 Å². The van der Waals surface area contributed by atoms with Crippen LogP contribution in [0.15, 0.2) is 68.9 Å². The molecule has 0 spiro atoms. The van der Waals surface area contributed by atoms with Crippen molar-refractivity contribution in [1.82, 2.24) is 4.90 Å². The molecule has 10 nitrogen and oxygen atoms in total. The molecular formula is C24H15BrClFN2O8S2. The molecule has 0 unspecified atom stereocenters. The lowest BCUT2D eigenvalue weighted by molar-refractivity contribution is -0.385. The molecule has 0 aliphatic carbocycles. The van der Waals surface area contributed by atoms with Gasteiger partial charge in [-0.3, -0.25) is 24.6 Å². The van der Waals surface area contributed by atoms with E-state index in [0.29, 0.717) is 17.3 Å². The minimum Gasteiger partial charge on any atom is -0.493 e. The largest absolute Gasteiger partial charge is 0.493 e. The molecule has 202 valence electrons. The number of rotatable bonds is 8. The average molecular weight is 658 g/mol. The molecule has 1 saturated heterocycles. The van der Waals surface area contributed by atoms with Gasteiger partial charge >= 0.3 is 10.1 Å². The molecule has 4 rings (SSSR count). The molecule has 1 fully saturated rings. The second-order valence-corrected chi connectivity index (χ2v) is 11.6. The van der Waals surface area contributed by atoms with Crippen LogP contribution in [0.25, 0.3) is 6.08 Å². The summed E-state index contributed by atoms with van der Waals surface area (Å²) in [6, 6.07) is 11.1. The van der Waals surface area contributed by atoms with Gasteiger partial charge in [-0.15, -0.1) is 0 Å². The van der Waals surface area contributed by atoms with E-state index in [4.69, 9.17) is 20.5 Å². The number of halogens is 3. The Bertz CT molecular complexity index is 1650. The van der Waals surface area contributed by atoms with Crippen LogP contribution >= 0.6 is 39.3 Å². The first-order valence-electron chi connectivity index (χ1n) is 10.7. The summed E-state index contributed by atoms with van der Waals surface area (Å²) in [5.41, 5.74) is -0.0980. The summed E-state index contributed by atoms with van der Waals surface area (Å²) >= 11 is 9.88. The van der Waals surface area contributed by atoms with Gasteiger partial charge in [0.1, 0.15) is 10.7 Å². The minimum absolute atomic E-state index is 0.00131. The highest BCUT2D eigenvalue weighted by molar-refractivity contribution is 9.10. The zero-order chi connectivity index (χ0) is 28.5. The number of non-ortho nitro benzene ring substituents is 1. The summed E-state index contributed by atoms with van der Waals surface area (Å²) in [4.78, 5) is 36.2. The van der Waals surface area contributed by atoms with E-state index in [1.807, 2.05) is 0 Å². The summed E-state index contributed by atoms with van der Waals surface area (Å²) in [5.74, 6) is -1.63. The molecule has 1 aliphatic rings. The van der Waals surface area contributed by atoms with Gasteiger partial charge in [0.25, 0.3) is 16.8 Å². The molecule has 3 aromatic rings. The van der Waals surface area contributed by atoms with E-state index < -0.39 is 42.6 Å². The molecule has 39 heavy (non-hydrogen) atoms. The van der Waals surface area contributed by atoms with E-state index in [1.165, 1.54) is 49.6 Å². The Balaban J connectivity index is 1.62. The van der Waals surface area contributed by atoms with Crippen LogP contribution in [-0.4, -0.2) is 36.5 Å². The van der Waals surface area contributed by atoms with Crippen LogP contribution in [0.5, 0.6) is 11.5 Å². The summed E-state index contributed by atoms with van der Waals surface area (Å²) in [5, 5.41) is 10.5. The van der Waals surface area contributed by atoms with Gasteiger partial charge in [-0.2, -0.15) is 8.42 Å². The number of carbonyl (C=O) groups excluding carboxylic acids is 2. The first-order valence-corrected chi connectivity index (χ1v) is 14.1. The summed E-state index contributed by atoms with van der Waals surface area (Å²) in [6.45, 7) is -0.358. The zero-order valence-corrected chi connectivity index (χ0v) is 23.6. The van der Waals surface area contributed by atoms with E-state index in [0.717, 1.165) is 23.1 Å². The third-order valence-electron chi connectivity index (χ3n) is 5.31. The fourth-order valence-electron chi connectivity index (χ4n) is 3.44. The quantitative estimate of drug-likeness (QED) is 0.121. The van der Waals surface area contributed by atoms with Crippen LogP contribution in [0.3, 0.4) is 0 Å².